The van der Waals surface area contributed by atoms with Crippen molar-refractivity contribution < 1.29 is 9.90 Å². The number of halogens is 1. The van der Waals surface area contributed by atoms with Gasteiger partial charge in [0.25, 0.3) is 5.91 Å². The minimum absolute atomic E-state index is 0.0695. The third-order valence-electron chi connectivity index (χ3n) is 7.01. The summed E-state index contributed by atoms with van der Waals surface area (Å²) in [7, 11) is 0. The van der Waals surface area contributed by atoms with Crippen LogP contribution in [0.2, 0.25) is 5.02 Å². The number of aliphatic hydroxyl groups excluding tert-OH is 1. The molecule has 2 atom stereocenters. The van der Waals surface area contributed by atoms with Crippen LogP contribution in [-0.2, 0) is 6.54 Å². The Morgan fingerprint density at radius 3 is 2.69 bits per heavy atom. The van der Waals surface area contributed by atoms with E-state index in [9.17, 15) is 9.90 Å². The Kier molecular flexibility index (Phi) is 5.95. The van der Waals surface area contributed by atoms with Crippen LogP contribution in [0.15, 0.2) is 24.4 Å². The van der Waals surface area contributed by atoms with Crippen molar-refractivity contribution in [2.24, 2.45) is 11.8 Å². The van der Waals surface area contributed by atoms with Crippen molar-refractivity contribution in [3.05, 3.63) is 46.1 Å². The van der Waals surface area contributed by atoms with Gasteiger partial charge in [0.1, 0.15) is 11.4 Å². The summed E-state index contributed by atoms with van der Waals surface area (Å²) in [6.45, 7) is 4.47. The molecule has 170 valence electrons. The molecule has 2 saturated carbocycles. The average molecular weight is 456 g/mol. The van der Waals surface area contributed by atoms with E-state index in [0.717, 1.165) is 66.8 Å². The second-order valence-corrected chi connectivity index (χ2v) is 9.92. The third-order valence-corrected chi connectivity index (χ3v) is 7.42. The van der Waals surface area contributed by atoms with E-state index in [2.05, 4.69) is 20.5 Å². The number of amides is 1. The molecule has 2 aromatic rings. The van der Waals surface area contributed by atoms with Crippen LogP contribution in [-0.4, -0.2) is 46.2 Å². The quantitative estimate of drug-likeness (QED) is 0.617. The molecular formula is C24H30ClN5O2. The van der Waals surface area contributed by atoms with Crippen LogP contribution < -0.4 is 15.5 Å². The number of aromatic nitrogens is 2. The van der Waals surface area contributed by atoms with Gasteiger partial charge in [0.15, 0.2) is 0 Å². The lowest BCUT2D eigenvalue weighted by Crippen LogP contribution is -2.39. The number of hydrogen-bond acceptors (Lipinski definition) is 6. The standard InChI is InChI=1S/C24H30ClN5O2/c1-14-2-3-15(8-21(14)25)10-26-22-20(23(32)28-18-4-6-19(31)7-5-18)11-27-24(29-22)30-12-16-9-17(16)13-30/h2-3,8,11,16-19,31H,4-7,9-10,12-13H2,1H3,(H,28,32)(H,26,27,29). The summed E-state index contributed by atoms with van der Waals surface area (Å²) in [5, 5.41) is 16.9. The van der Waals surface area contributed by atoms with Gasteiger partial charge in [0.2, 0.25) is 5.95 Å². The molecule has 1 aliphatic heterocycles. The summed E-state index contributed by atoms with van der Waals surface area (Å²) in [6.07, 6.45) is 5.71. The van der Waals surface area contributed by atoms with E-state index < -0.39 is 0 Å². The van der Waals surface area contributed by atoms with Crippen LogP contribution in [0.1, 0.15) is 53.6 Å². The molecule has 1 aromatic heterocycles. The molecule has 3 fully saturated rings. The minimum Gasteiger partial charge on any atom is -0.393 e. The number of aliphatic hydroxyl groups is 1. The maximum atomic E-state index is 13.1. The van der Waals surface area contributed by atoms with E-state index in [1.54, 1.807) is 6.20 Å². The van der Waals surface area contributed by atoms with Gasteiger partial charge in [-0.3, -0.25) is 4.79 Å². The topological polar surface area (TPSA) is 90.4 Å². The number of rotatable bonds is 6. The highest BCUT2D eigenvalue weighted by atomic mass is 35.5. The summed E-state index contributed by atoms with van der Waals surface area (Å²) in [6, 6.07) is 6.02. The summed E-state index contributed by atoms with van der Waals surface area (Å²) < 4.78 is 0. The molecule has 3 aliphatic rings. The molecule has 3 N–H and O–H groups in total. The minimum atomic E-state index is -0.254. The SMILES string of the molecule is Cc1ccc(CNc2nc(N3CC4CC4C3)ncc2C(=O)NC2CCC(O)CC2)cc1Cl. The number of anilines is 2. The zero-order chi connectivity index (χ0) is 22.2. The monoisotopic (exact) mass is 455 g/mol. The molecule has 32 heavy (non-hydrogen) atoms. The number of benzene rings is 1. The Bertz CT molecular complexity index is 998. The van der Waals surface area contributed by atoms with E-state index in [-0.39, 0.29) is 18.1 Å². The Hall–Kier alpha value is -2.38. The summed E-state index contributed by atoms with van der Waals surface area (Å²) in [5.41, 5.74) is 2.50. The van der Waals surface area contributed by atoms with Crippen LogP contribution >= 0.6 is 11.6 Å². The van der Waals surface area contributed by atoms with Crippen LogP contribution in [0.25, 0.3) is 0 Å². The number of nitrogens with one attached hydrogen (secondary N) is 2. The van der Waals surface area contributed by atoms with Crippen molar-refractivity contribution >= 4 is 29.3 Å². The first-order valence-electron chi connectivity index (χ1n) is 11.6. The van der Waals surface area contributed by atoms with Crippen molar-refractivity contribution in [2.75, 3.05) is 23.3 Å². The largest absolute Gasteiger partial charge is 0.393 e. The molecule has 0 radical (unpaired) electrons. The van der Waals surface area contributed by atoms with Gasteiger partial charge in [-0.1, -0.05) is 23.7 Å². The fourth-order valence-electron chi connectivity index (χ4n) is 4.80. The van der Waals surface area contributed by atoms with Gasteiger partial charge in [0, 0.05) is 36.9 Å². The molecule has 2 unspecified atom stereocenters. The number of piperidine rings is 1. The fourth-order valence-corrected chi connectivity index (χ4v) is 5.01. The Balaban J connectivity index is 1.34. The lowest BCUT2D eigenvalue weighted by atomic mass is 9.93. The smallest absolute Gasteiger partial charge is 0.256 e. The molecule has 0 bridgehead atoms. The van der Waals surface area contributed by atoms with Gasteiger partial charge in [-0.25, -0.2) is 4.98 Å². The number of nitrogens with zero attached hydrogens (tertiary/aromatic N) is 3. The maximum Gasteiger partial charge on any atom is 0.256 e. The summed E-state index contributed by atoms with van der Waals surface area (Å²) >= 11 is 6.28. The second-order valence-electron chi connectivity index (χ2n) is 9.51. The first-order valence-corrected chi connectivity index (χ1v) is 11.9. The zero-order valence-corrected chi connectivity index (χ0v) is 19.1. The molecule has 1 amide bonds. The van der Waals surface area contributed by atoms with Crippen LogP contribution in [0.4, 0.5) is 11.8 Å². The Morgan fingerprint density at radius 1 is 1.22 bits per heavy atom. The van der Waals surface area contributed by atoms with Crippen LogP contribution in [0, 0.1) is 18.8 Å². The molecule has 1 aromatic carbocycles. The predicted octanol–water partition coefficient (Wildman–Crippen LogP) is 3.54. The number of hydrogen-bond donors (Lipinski definition) is 3. The van der Waals surface area contributed by atoms with Crippen LogP contribution in [0.5, 0.6) is 0 Å². The van der Waals surface area contributed by atoms with Crippen molar-refractivity contribution in [3.63, 3.8) is 0 Å². The molecule has 2 heterocycles. The second kappa shape index (κ2) is 8.87. The summed E-state index contributed by atoms with van der Waals surface area (Å²) in [5.74, 6) is 2.59. The lowest BCUT2D eigenvalue weighted by molar-refractivity contribution is 0.0867. The van der Waals surface area contributed by atoms with E-state index >= 15 is 0 Å². The highest BCUT2D eigenvalue weighted by molar-refractivity contribution is 6.31. The molecule has 5 rings (SSSR count). The van der Waals surface area contributed by atoms with Crippen molar-refractivity contribution in [1.29, 1.82) is 0 Å². The maximum absolute atomic E-state index is 13.1. The van der Waals surface area contributed by atoms with E-state index in [0.29, 0.717) is 23.9 Å². The first kappa shape index (κ1) is 21.5. The number of aryl methyl sites for hydroxylation is 1. The molecule has 1 saturated heterocycles. The van der Waals surface area contributed by atoms with E-state index in [4.69, 9.17) is 16.6 Å². The molecule has 0 spiro atoms. The first-order chi connectivity index (χ1) is 15.5. The molecule has 8 heteroatoms. The normalized spacial score (nSPS) is 26.5. The van der Waals surface area contributed by atoms with Gasteiger partial charge >= 0.3 is 0 Å². The molecule has 7 nitrogen and oxygen atoms in total. The van der Waals surface area contributed by atoms with E-state index in [1.807, 2.05) is 25.1 Å². The zero-order valence-electron chi connectivity index (χ0n) is 18.4. The van der Waals surface area contributed by atoms with Crippen LogP contribution in [0.3, 0.4) is 0 Å². The highest BCUT2D eigenvalue weighted by Crippen LogP contribution is 2.45. The highest BCUT2D eigenvalue weighted by Gasteiger charge is 2.46. The van der Waals surface area contributed by atoms with E-state index in [1.165, 1.54) is 6.42 Å². The van der Waals surface area contributed by atoms with Crippen molar-refractivity contribution in [2.45, 2.75) is 57.7 Å². The lowest BCUT2D eigenvalue weighted by Gasteiger charge is -2.26. The van der Waals surface area contributed by atoms with Gasteiger partial charge in [-0.15, -0.1) is 0 Å². The third kappa shape index (κ3) is 4.69. The van der Waals surface area contributed by atoms with Gasteiger partial charge in [-0.05, 0) is 68.1 Å². The van der Waals surface area contributed by atoms with Gasteiger partial charge in [0.05, 0.1) is 6.10 Å². The number of carbonyl (C=O) groups is 1. The predicted molar refractivity (Wildman–Crippen MR) is 125 cm³/mol. The average Bonchev–Trinajstić information content (AvgIpc) is 3.40. The van der Waals surface area contributed by atoms with Gasteiger partial charge in [-0.2, -0.15) is 4.98 Å². The Labute approximate surface area is 193 Å². The number of fused-ring (bicyclic) bond motifs is 1. The van der Waals surface area contributed by atoms with Gasteiger partial charge < -0.3 is 20.6 Å². The molecular weight excluding hydrogens is 426 g/mol. The fraction of sp³-hybridized carbons (Fsp3) is 0.542. The summed E-state index contributed by atoms with van der Waals surface area (Å²) in [4.78, 5) is 24.6. The molecule has 2 aliphatic carbocycles. The van der Waals surface area contributed by atoms with Crippen molar-refractivity contribution in [1.82, 2.24) is 15.3 Å². The van der Waals surface area contributed by atoms with Crippen molar-refractivity contribution in [3.8, 4) is 0 Å². The number of carbonyl (C=O) groups excluding carboxylic acids is 1. The Morgan fingerprint density at radius 2 is 1.97 bits per heavy atom.